The molecule has 1 aromatic heterocycles. The molecule has 2 rings (SSSR count). The van der Waals surface area contributed by atoms with Crippen LogP contribution < -0.4 is 4.18 Å². The van der Waals surface area contributed by atoms with E-state index >= 15 is 0 Å². The van der Waals surface area contributed by atoms with Gasteiger partial charge in [0.25, 0.3) is 0 Å². The Morgan fingerprint density at radius 3 is 2.35 bits per heavy atom. The summed E-state index contributed by atoms with van der Waals surface area (Å²) in [6, 6.07) is 8.29. The molecular weight excluding hydrogens is 242 g/mol. The van der Waals surface area contributed by atoms with Gasteiger partial charge in [-0.1, -0.05) is 23.4 Å². The molecule has 0 aliphatic carbocycles. The molecule has 0 saturated heterocycles. The van der Waals surface area contributed by atoms with Crippen LogP contribution >= 0.6 is 0 Å². The first-order valence-electron chi connectivity index (χ1n) is 4.93. The van der Waals surface area contributed by atoms with Gasteiger partial charge in [-0.2, -0.15) is 8.42 Å². The Labute approximate surface area is 99.1 Å². The zero-order chi connectivity index (χ0) is 12.5. The molecule has 0 unspecified atom stereocenters. The van der Waals surface area contributed by atoms with E-state index in [4.69, 9.17) is 8.71 Å². The smallest absolute Gasteiger partial charge is 0.344 e. The van der Waals surface area contributed by atoms with Crippen LogP contribution in [0.4, 0.5) is 0 Å². The van der Waals surface area contributed by atoms with Gasteiger partial charge in [0.2, 0.25) is 0 Å². The maximum atomic E-state index is 12.0. The van der Waals surface area contributed by atoms with E-state index in [-0.39, 0.29) is 16.4 Å². The highest BCUT2D eigenvalue weighted by molar-refractivity contribution is 7.87. The molecule has 5 nitrogen and oxygen atoms in total. The van der Waals surface area contributed by atoms with Crippen LogP contribution in [-0.2, 0) is 10.1 Å². The third-order valence-electron chi connectivity index (χ3n) is 2.17. The van der Waals surface area contributed by atoms with Crippen LogP contribution in [0.5, 0.6) is 5.75 Å². The normalized spacial score (nSPS) is 11.4. The molecule has 0 amide bonds. The van der Waals surface area contributed by atoms with Crippen molar-refractivity contribution in [3.8, 4) is 5.75 Å². The molecule has 0 atom stereocenters. The quantitative estimate of drug-likeness (QED) is 0.783. The lowest BCUT2D eigenvalue weighted by Gasteiger charge is -2.05. The van der Waals surface area contributed by atoms with E-state index < -0.39 is 10.1 Å². The Kier molecular flexibility index (Phi) is 2.89. The zero-order valence-corrected chi connectivity index (χ0v) is 10.2. The van der Waals surface area contributed by atoms with Crippen LogP contribution in [0.15, 0.2) is 39.8 Å². The third kappa shape index (κ3) is 2.31. The van der Waals surface area contributed by atoms with Crippen LogP contribution in [0.3, 0.4) is 0 Å². The first-order chi connectivity index (χ1) is 8.00. The second-order valence-corrected chi connectivity index (χ2v) is 4.99. The minimum atomic E-state index is -3.89. The van der Waals surface area contributed by atoms with Crippen molar-refractivity contribution in [2.24, 2.45) is 0 Å². The summed E-state index contributed by atoms with van der Waals surface area (Å²) >= 11 is 0. The molecule has 0 spiro atoms. The van der Waals surface area contributed by atoms with Gasteiger partial charge < -0.3 is 8.71 Å². The highest BCUT2D eigenvalue weighted by Crippen LogP contribution is 2.23. The molecule has 0 aliphatic heterocycles. The number of aryl methyl sites for hydroxylation is 2. The van der Waals surface area contributed by atoms with Gasteiger partial charge in [0.15, 0.2) is 10.7 Å². The van der Waals surface area contributed by atoms with Crippen molar-refractivity contribution in [1.29, 1.82) is 0 Å². The Bertz CT molecular complexity index is 597. The Morgan fingerprint density at radius 2 is 1.82 bits per heavy atom. The van der Waals surface area contributed by atoms with Crippen molar-refractivity contribution >= 4 is 10.1 Å². The Hall–Kier alpha value is -1.82. The first-order valence-corrected chi connectivity index (χ1v) is 6.34. The number of hydrogen-bond donors (Lipinski definition) is 0. The van der Waals surface area contributed by atoms with Gasteiger partial charge in [-0.3, -0.25) is 0 Å². The van der Waals surface area contributed by atoms with Crippen LogP contribution in [0.25, 0.3) is 0 Å². The van der Waals surface area contributed by atoms with E-state index in [1.54, 1.807) is 37.3 Å². The predicted molar refractivity (Wildman–Crippen MR) is 60.2 cm³/mol. The first kappa shape index (κ1) is 11.7. The monoisotopic (exact) mass is 253 g/mol. The molecule has 1 heterocycles. The molecule has 90 valence electrons. The van der Waals surface area contributed by atoms with Crippen LogP contribution in [0.2, 0.25) is 0 Å². The molecule has 0 saturated carbocycles. The van der Waals surface area contributed by atoms with Crippen molar-refractivity contribution in [3.05, 3.63) is 41.8 Å². The fourth-order valence-electron chi connectivity index (χ4n) is 1.48. The van der Waals surface area contributed by atoms with Crippen LogP contribution in [-0.4, -0.2) is 13.6 Å². The lowest BCUT2D eigenvalue weighted by molar-refractivity contribution is 0.390. The summed E-state index contributed by atoms with van der Waals surface area (Å²) in [6.45, 7) is 3.08. The van der Waals surface area contributed by atoms with Gasteiger partial charge in [0.05, 0.1) is 0 Å². The van der Waals surface area contributed by atoms with Gasteiger partial charge in [-0.15, -0.1) is 0 Å². The average molecular weight is 253 g/mol. The molecular formula is C11H11NO4S. The lowest BCUT2D eigenvalue weighted by atomic mass is 10.3. The van der Waals surface area contributed by atoms with E-state index in [0.717, 1.165) is 0 Å². The lowest BCUT2D eigenvalue weighted by Crippen LogP contribution is -2.11. The number of aromatic nitrogens is 1. The highest BCUT2D eigenvalue weighted by Gasteiger charge is 2.26. The number of para-hydroxylation sites is 1. The van der Waals surface area contributed by atoms with Gasteiger partial charge in [-0.05, 0) is 26.0 Å². The minimum absolute atomic E-state index is 0.0126. The van der Waals surface area contributed by atoms with Gasteiger partial charge >= 0.3 is 10.1 Å². The molecule has 0 fully saturated rings. The van der Waals surface area contributed by atoms with Crippen LogP contribution in [0.1, 0.15) is 11.5 Å². The molecule has 0 radical (unpaired) electrons. The van der Waals surface area contributed by atoms with Crippen molar-refractivity contribution < 1.29 is 17.1 Å². The summed E-state index contributed by atoms with van der Waals surface area (Å²) in [5.41, 5.74) is 0.290. The highest BCUT2D eigenvalue weighted by atomic mass is 32.2. The summed E-state index contributed by atoms with van der Waals surface area (Å²) in [7, 11) is -3.89. The Balaban J connectivity index is 2.39. The van der Waals surface area contributed by atoms with Crippen molar-refractivity contribution in [2.45, 2.75) is 18.7 Å². The molecule has 2 aromatic rings. The SMILES string of the molecule is Cc1noc(C)c1S(=O)(=O)Oc1ccccc1. The number of rotatable bonds is 3. The maximum absolute atomic E-state index is 12.0. The summed E-state index contributed by atoms with van der Waals surface area (Å²) in [6.07, 6.45) is 0. The fourth-order valence-corrected chi connectivity index (χ4v) is 2.71. The zero-order valence-electron chi connectivity index (χ0n) is 9.38. The van der Waals surface area contributed by atoms with Gasteiger partial charge in [0.1, 0.15) is 11.4 Å². The standard InChI is InChI=1S/C11H11NO4S/c1-8-11(9(2)15-12-8)17(13,14)16-10-6-4-3-5-7-10/h3-7H,1-2H3. The van der Waals surface area contributed by atoms with Crippen molar-refractivity contribution in [1.82, 2.24) is 5.16 Å². The average Bonchev–Trinajstić information content (AvgIpc) is 2.59. The molecule has 0 bridgehead atoms. The second-order valence-electron chi connectivity index (χ2n) is 3.50. The van der Waals surface area contributed by atoms with E-state index in [1.165, 1.54) is 6.92 Å². The summed E-state index contributed by atoms with van der Waals surface area (Å²) in [5, 5.41) is 3.59. The maximum Gasteiger partial charge on any atom is 0.344 e. The summed E-state index contributed by atoms with van der Waals surface area (Å²) in [5.74, 6) is 0.478. The fraction of sp³-hybridized carbons (Fsp3) is 0.182. The van der Waals surface area contributed by atoms with E-state index in [2.05, 4.69) is 5.16 Å². The molecule has 17 heavy (non-hydrogen) atoms. The number of hydrogen-bond acceptors (Lipinski definition) is 5. The molecule has 0 N–H and O–H groups in total. The summed E-state index contributed by atoms with van der Waals surface area (Å²) < 4.78 is 33.8. The second kappa shape index (κ2) is 4.21. The van der Waals surface area contributed by atoms with Crippen molar-refractivity contribution in [3.63, 3.8) is 0 Å². The molecule has 6 heteroatoms. The number of nitrogens with zero attached hydrogens (tertiary/aromatic N) is 1. The Morgan fingerprint density at radius 1 is 1.18 bits per heavy atom. The number of benzene rings is 1. The molecule has 1 aromatic carbocycles. The predicted octanol–water partition coefficient (Wildman–Crippen LogP) is 2.06. The van der Waals surface area contributed by atoms with Crippen molar-refractivity contribution in [2.75, 3.05) is 0 Å². The van der Waals surface area contributed by atoms with Gasteiger partial charge in [-0.25, -0.2) is 0 Å². The third-order valence-corrected chi connectivity index (χ3v) is 3.66. The van der Waals surface area contributed by atoms with Crippen LogP contribution in [0, 0.1) is 13.8 Å². The minimum Gasteiger partial charge on any atom is -0.379 e. The molecule has 0 aliphatic rings. The van der Waals surface area contributed by atoms with E-state index in [0.29, 0.717) is 5.69 Å². The largest absolute Gasteiger partial charge is 0.379 e. The van der Waals surface area contributed by atoms with E-state index in [9.17, 15) is 8.42 Å². The summed E-state index contributed by atoms with van der Waals surface area (Å²) in [4.78, 5) is -0.0126. The van der Waals surface area contributed by atoms with Gasteiger partial charge in [0, 0.05) is 0 Å². The van der Waals surface area contributed by atoms with E-state index in [1.807, 2.05) is 0 Å². The topological polar surface area (TPSA) is 69.4 Å².